The molecule has 6 nitrogen and oxygen atoms in total. The van der Waals surface area contributed by atoms with Gasteiger partial charge in [0.1, 0.15) is 0 Å². The number of aryl methyl sites for hydroxylation is 1. The summed E-state index contributed by atoms with van der Waals surface area (Å²) in [6, 6.07) is 16.2. The Hall–Kier alpha value is -3.33. The number of alkyl halides is 3. The van der Waals surface area contributed by atoms with Gasteiger partial charge in [-0.3, -0.25) is 9.78 Å². The Morgan fingerprint density at radius 1 is 1.00 bits per heavy atom. The van der Waals surface area contributed by atoms with Crippen LogP contribution in [0.1, 0.15) is 41.6 Å². The van der Waals surface area contributed by atoms with Crippen LogP contribution in [0.2, 0.25) is 5.02 Å². The van der Waals surface area contributed by atoms with Crippen LogP contribution in [0.25, 0.3) is 10.9 Å². The van der Waals surface area contributed by atoms with Crippen molar-refractivity contribution in [2.24, 2.45) is 0 Å². The first kappa shape index (κ1) is 26.3. The van der Waals surface area contributed by atoms with E-state index in [0.717, 1.165) is 53.4 Å². The summed E-state index contributed by atoms with van der Waals surface area (Å²) < 4.78 is 31.7. The molecule has 0 spiro atoms. The van der Waals surface area contributed by atoms with E-state index in [-0.39, 0.29) is 11.9 Å². The number of amides is 1. The molecule has 0 radical (unpaired) electrons. The van der Waals surface area contributed by atoms with Crippen molar-refractivity contribution in [1.29, 1.82) is 0 Å². The highest BCUT2D eigenvalue weighted by molar-refractivity contribution is 6.31. The van der Waals surface area contributed by atoms with Crippen molar-refractivity contribution < 1.29 is 27.9 Å². The number of pyridine rings is 1. The van der Waals surface area contributed by atoms with E-state index in [1.165, 1.54) is 0 Å². The SMILES string of the molecule is Cc1ccc(C(=O)NC2CCC(Nc3ccnc4cc(Cl)ccc34)CC2)cc1.O=C(O)C(F)(F)F. The Labute approximate surface area is 205 Å². The molecule has 0 bridgehead atoms. The van der Waals surface area contributed by atoms with Gasteiger partial charge in [0.05, 0.1) is 5.52 Å². The van der Waals surface area contributed by atoms with Crippen molar-refractivity contribution >= 4 is 40.1 Å². The van der Waals surface area contributed by atoms with Crippen LogP contribution in [0, 0.1) is 6.92 Å². The Balaban J connectivity index is 0.000000429. The van der Waals surface area contributed by atoms with Crippen molar-refractivity contribution in [3.05, 3.63) is 70.9 Å². The van der Waals surface area contributed by atoms with Crippen LogP contribution < -0.4 is 10.6 Å². The Bertz CT molecular complexity index is 1180. The predicted molar refractivity (Wildman–Crippen MR) is 129 cm³/mol. The second-order valence-corrected chi connectivity index (χ2v) is 8.79. The standard InChI is InChI=1S/C23H24ClN3O.C2HF3O2/c1-15-2-4-16(5-3-15)23(28)27-19-9-7-18(8-10-19)26-21-12-13-25-22-14-17(24)6-11-20(21)22;3-2(4,5)1(6)7/h2-6,11-14,18-19H,7-10H2,1H3,(H,25,26)(H,27,28);(H,6,7). The van der Waals surface area contributed by atoms with Crippen molar-refractivity contribution in [3.8, 4) is 0 Å². The molecule has 0 saturated heterocycles. The van der Waals surface area contributed by atoms with E-state index in [2.05, 4.69) is 15.6 Å². The average molecular weight is 508 g/mol. The van der Waals surface area contributed by atoms with Gasteiger partial charge in [-0.1, -0.05) is 29.3 Å². The Kier molecular flexibility index (Phi) is 8.56. The maximum absolute atomic E-state index is 12.4. The molecule has 2 aromatic carbocycles. The molecule has 1 aromatic heterocycles. The number of fused-ring (bicyclic) bond motifs is 1. The summed E-state index contributed by atoms with van der Waals surface area (Å²) in [7, 11) is 0. The van der Waals surface area contributed by atoms with Gasteiger partial charge < -0.3 is 15.7 Å². The first-order chi connectivity index (χ1) is 16.5. The number of carboxylic acid groups (broad SMARTS) is 1. The smallest absolute Gasteiger partial charge is 0.475 e. The molecule has 35 heavy (non-hydrogen) atoms. The molecule has 1 amide bonds. The normalized spacial score (nSPS) is 17.7. The minimum atomic E-state index is -5.08. The molecule has 1 fully saturated rings. The van der Waals surface area contributed by atoms with Gasteiger partial charge in [0.15, 0.2) is 0 Å². The first-order valence-corrected chi connectivity index (χ1v) is 11.4. The summed E-state index contributed by atoms with van der Waals surface area (Å²) in [5.74, 6) is -2.74. The lowest BCUT2D eigenvalue weighted by Crippen LogP contribution is -2.40. The molecule has 1 saturated carbocycles. The third kappa shape index (κ3) is 7.58. The van der Waals surface area contributed by atoms with E-state index < -0.39 is 12.1 Å². The minimum absolute atomic E-state index is 0.0217. The zero-order valence-electron chi connectivity index (χ0n) is 18.9. The third-order valence-electron chi connectivity index (χ3n) is 5.68. The fraction of sp³-hybridized carbons (Fsp3) is 0.320. The Morgan fingerprint density at radius 3 is 2.20 bits per heavy atom. The second-order valence-electron chi connectivity index (χ2n) is 8.36. The van der Waals surface area contributed by atoms with Crippen LogP contribution in [0.3, 0.4) is 0 Å². The molecule has 3 N–H and O–H groups in total. The number of carbonyl (C=O) groups excluding carboxylic acids is 1. The molecule has 0 unspecified atom stereocenters. The van der Waals surface area contributed by atoms with E-state index in [1.54, 1.807) is 0 Å². The maximum Gasteiger partial charge on any atom is 0.490 e. The van der Waals surface area contributed by atoms with Crippen molar-refractivity contribution in [2.75, 3.05) is 5.32 Å². The molecule has 1 aliphatic carbocycles. The monoisotopic (exact) mass is 507 g/mol. The van der Waals surface area contributed by atoms with Gasteiger partial charge in [-0.2, -0.15) is 13.2 Å². The van der Waals surface area contributed by atoms with Gasteiger partial charge in [0.2, 0.25) is 0 Å². The lowest BCUT2D eigenvalue weighted by molar-refractivity contribution is -0.192. The number of nitrogens with zero attached hydrogens (tertiary/aromatic N) is 1. The molecule has 1 aliphatic rings. The van der Waals surface area contributed by atoms with Crippen LogP contribution in [-0.2, 0) is 4.79 Å². The molecule has 10 heteroatoms. The fourth-order valence-corrected chi connectivity index (χ4v) is 3.99. The van der Waals surface area contributed by atoms with E-state index in [4.69, 9.17) is 21.5 Å². The second kappa shape index (κ2) is 11.4. The number of hydrogen-bond donors (Lipinski definition) is 3. The van der Waals surface area contributed by atoms with Crippen LogP contribution in [-0.4, -0.2) is 40.2 Å². The minimum Gasteiger partial charge on any atom is -0.475 e. The number of carbonyl (C=O) groups is 2. The van der Waals surface area contributed by atoms with Gasteiger partial charge in [0, 0.05) is 39.9 Å². The molecule has 0 aliphatic heterocycles. The number of aliphatic carboxylic acids is 1. The average Bonchev–Trinajstić information content (AvgIpc) is 2.80. The Morgan fingerprint density at radius 2 is 1.60 bits per heavy atom. The maximum atomic E-state index is 12.4. The van der Waals surface area contributed by atoms with Crippen molar-refractivity contribution in [1.82, 2.24) is 10.3 Å². The number of carboxylic acids is 1. The summed E-state index contributed by atoms with van der Waals surface area (Å²) in [6.45, 7) is 2.02. The highest BCUT2D eigenvalue weighted by Crippen LogP contribution is 2.28. The summed E-state index contributed by atoms with van der Waals surface area (Å²) in [5, 5.41) is 15.7. The topological polar surface area (TPSA) is 91.3 Å². The summed E-state index contributed by atoms with van der Waals surface area (Å²) in [4.78, 5) is 25.7. The number of anilines is 1. The van der Waals surface area contributed by atoms with Gasteiger partial charge in [-0.25, -0.2) is 4.79 Å². The molecule has 0 atom stereocenters. The zero-order chi connectivity index (χ0) is 25.6. The molecule has 4 rings (SSSR count). The quantitative estimate of drug-likeness (QED) is 0.404. The molecular formula is C25H25ClF3N3O3. The molecule has 3 aromatic rings. The third-order valence-corrected chi connectivity index (χ3v) is 5.92. The lowest BCUT2D eigenvalue weighted by atomic mass is 9.90. The zero-order valence-corrected chi connectivity index (χ0v) is 19.7. The van der Waals surface area contributed by atoms with Crippen molar-refractivity contribution in [3.63, 3.8) is 0 Å². The lowest BCUT2D eigenvalue weighted by Gasteiger charge is -2.30. The first-order valence-electron chi connectivity index (χ1n) is 11.0. The van der Waals surface area contributed by atoms with Crippen LogP contribution >= 0.6 is 11.6 Å². The summed E-state index contributed by atoms with van der Waals surface area (Å²) >= 11 is 6.08. The highest BCUT2D eigenvalue weighted by atomic mass is 35.5. The number of aromatic nitrogens is 1. The van der Waals surface area contributed by atoms with Crippen LogP contribution in [0.4, 0.5) is 18.9 Å². The molecule has 186 valence electrons. The number of hydrogen-bond acceptors (Lipinski definition) is 4. The van der Waals surface area contributed by atoms with Gasteiger partial charge >= 0.3 is 12.1 Å². The summed E-state index contributed by atoms with van der Waals surface area (Å²) in [6.07, 6.45) is 0.731. The number of nitrogens with one attached hydrogen (secondary N) is 2. The number of benzene rings is 2. The summed E-state index contributed by atoms with van der Waals surface area (Å²) in [5.41, 5.74) is 3.88. The van der Waals surface area contributed by atoms with E-state index >= 15 is 0 Å². The van der Waals surface area contributed by atoms with E-state index in [0.29, 0.717) is 11.1 Å². The molecule has 1 heterocycles. The van der Waals surface area contributed by atoms with Crippen molar-refractivity contribution in [2.45, 2.75) is 50.9 Å². The molecular weight excluding hydrogens is 483 g/mol. The van der Waals surface area contributed by atoms with Crippen LogP contribution in [0.5, 0.6) is 0 Å². The predicted octanol–water partition coefficient (Wildman–Crippen LogP) is 5.98. The highest BCUT2D eigenvalue weighted by Gasteiger charge is 2.38. The number of halogens is 4. The fourth-order valence-electron chi connectivity index (χ4n) is 3.82. The van der Waals surface area contributed by atoms with E-state index in [9.17, 15) is 18.0 Å². The van der Waals surface area contributed by atoms with Gasteiger partial charge in [-0.05, 0) is 69.0 Å². The van der Waals surface area contributed by atoms with E-state index in [1.807, 2.05) is 61.7 Å². The van der Waals surface area contributed by atoms with Gasteiger partial charge in [0.25, 0.3) is 5.91 Å². The largest absolute Gasteiger partial charge is 0.490 e. The van der Waals surface area contributed by atoms with Crippen LogP contribution in [0.15, 0.2) is 54.7 Å². The number of rotatable bonds is 4. The van der Waals surface area contributed by atoms with Gasteiger partial charge in [-0.15, -0.1) is 0 Å².